The lowest BCUT2D eigenvalue weighted by Gasteiger charge is -2.29. The number of carbonyl (C=O) groups is 1. The molecule has 0 heterocycles. The monoisotopic (exact) mass is 448 g/mol. The van der Waals surface area contributed by atoms with Crippen LogP contribution in [0, 0.1) is 13.8 Å². The third-order valence-corrected chi connectivity index (χ3v) is 7.61. The van der Waals surface area contributed by atoms with Gasteiger partial charge in [-0.2, -0.15) is 0 Å². The van der Waals surface area contributed by atoms with Gasteiger partial charge in [0.25, 0.3) is 10.0 Å². The Morgan fingerprint density at radius 3 is 2.34 bits per heavy atom. The summed E-state index contributed by atoms with van der Waals surface area (Å²) in [6.45, 7) is 3.56. The lowest BCUT2D eigenvalue weighted by molar-refractivity contribution is -0.120. The van der Waals surface area contributed by atoms with Crippen molar-refractivity contribution >= 4 is 21.6 Å². The highest BCUT2D eigenvalue weighted by atomic mass is 32.2. The van der Waals surface area contributed by atoms with Gasteiger partial charge in [0.2, 0.25) is 5.91 Å². The van der Waals surface area contributed by atoms with Crippen LogP contribution in [0.25, 0.3) is 0 Å². The minimum atomic E-state index is -3.91. The molecule has 0 fully saturated rings. The van der Waals surface area contributed by atoms with Crippen LogP contribution in [0.3, 0.4) is 0 Å². The average Bonchev–Trinajstić information content (AvgIpc) is 2.77. The molecular formula is C26H28N2O3S. The number of rotatable bonds is 6. The highest BCUT2D eigenvalue weighted by molar-refractivity contribution is 7.92. The summed E-state index contributed by atoms with van der Waals surface area (Å²) in [5.74, 6) is -0.314. The van der Waals surface area contributed by atoms with Crippen LogP contribution in [-0.4, -0.2) is 20.9 Å². The van der Waals surface area contributed by atoms with Gasteiger partial charge in [-0.3, -0.25) is 9.10 Å². The van der Waals surface area contributed by atoms with Crippen molar-refractivity contribution in [2.24, 2.45) is 0 Å². The second-order valence-corrected chi connectivity index (χ2v) is 10.2. The lowest BCUT2D eigenvalue weighted by atomic mass is 9.88. The Hall–Kier alpha value is -3.12. The van der Waals surface area contributed by atoms with E-state index in [1.54, 1.807) is 42.5 Å². The summed E-state index contributed by atoms with van der Waals surface area (Å²) >= 11 is 0. The van der Waals surface area contributed by atoms with Crippen LogP contribution in [0.2, 0.25) is 0 Å². The topological polar surface area (TPSA) is 66.5 Å². The number of sulfonamides is 1. The molecule has 0 aromatic heterocycles. The normalized spacial score (nSPS) is 15.6. The highest BCUT2D eigenvalue weighted by Crippen LogP contribution is 2.30. The van der Waals surface area contributed by atoms with E-state index in [-0.39, 0.29) is 23.4 Å². The SMILES string of the molecule is Cc1cc(C)cc(N(CC(=O)N[C@@H]2CCCc3ccccc32)S(=O)(=O)c2ccccc2)c1. The van der Waals surface area contributed by atoms with Gasteiger partial charge in [0.05, 0.1) is 16.6 Å². The van der Waals surface area contributed by atoms with E-state index in [9.17, 15) is 13.2 Å². The van der Waals surface area contributed by atoms with E-state index in [1.807, 2.05) is 38.1 Å². The van der Waals surface area contributed by atoms with E-state index in [1.165, 1.54) is 9.87 Å². The summed E-state index contributed by atoms with van der Waals surface area (Å²) in [5, 5.41) is 3.08. The Morgan fingerprint density at radius 2 is 1.62 bits per heavy atom. The maximum absolute atomic E-state index is 13.5. The largest absolute Gasteiger partial charge is 0.348 e. The smallest absolute Gasteiger partial charge is 0.264 e. The Balaban J connectivity index is 1.65. The van der Waals surface area contributed by atoms with Crippen molar-refractivity contribution in [3.8, 4) is 0 Å². The third kappa shape index (κ3) is 4.70. The number of fused-ring (bicyclic) bond motifs is 1. The van der Waals surface area contributed by atoms with Crippen LogP contribution in [0.15, 0.2) is 77.7 Å². The van der Waals surface area contributed by atoms with E-state index in [4.69, 9.17) is 0 Å². The fourth-order valence-electron chi connectivity index (χ4n) is 4.40. The summed E-state index contributed by atoms with van der Waals surface area (Å²) in [4.78, 5) is 13.3. The Labute approximate surface area is 190 Å². The van der Waals surface area contributed by atoms with Crippen molar-refractivity contribution in [3.63, 3.8) is 0 Å². The van der Waals surface area contributed by atoms with Gasteiger partial charge in [-0.1, -0.05) is 48.5 Å². The standard InChI is InChI=1S/C26H28N2O3S/c1-19-15-20(2)17-22(16-19)28(32(30,31)23-11-4-3-5-12-23)18-26(29)27-25-14-8-10-21-9-6-7-13-24(21)25/h3-7,9,11-13,15-17,25H,8,10,14,18H2,1-2H3,(H,27,29)/t25-/m1/s1. The van der Waals surface area contributed by atoms with Crippen molar-refractivity contribution in [1.82, 2.24) is 5.32 Å². The van der Waals surface area contributed by atoms with Gasteiger partial charge < -0.3 is 5.32 Å². The molecule has 1 atom stereocenters. The van der Waals surface area contributed by atoms with Crippen molar-refractivity contribution in [2.45, 2.75) is 44.0 Å². The summed E-state index contributed by atoms with van der Waals surface area (Å²) < 4.78 is 28.3. The van der Waals surface area contributed by atoms with E-state index in [0.717, 1.165) is 36.0 Å². The fourth-order valence-corrected chi connectivity index (χ4v) is 5.83. The van der Waals surface area contributed by atoms with Gasteiger partial charge >= 0.3 is 0 Å². The number of hydrogen-bond donors (Lipinski definition) is 1. The van der Waals surface area contributed by atoms with Crippen LogP contribution < -0.4 is 9.62 Å². The summed E-state index contributed by atoms with van der Waals surface area (Å²) in [6.07, 6.45) is 2.84. The first-order chi connectivity index (χ1) is 15.3. The van der Waals surface area contributed by atoms with Crippen LogP contribution in [0.4, 0.5) is 5.69 Å². The van der Waals surface area contributed by atoms with Crippen molar-refractivity contribution in [3.05, 3.63) is 95.1 Å². The number of anilines is 1. The van der Waals surface area contributed by atoms with E-state index in [0.29, 0.717) is 5.69 Å². The molecule has 0 unspecified atom stereocenters. The first-order valence-corrected chi connectivity index (χ1v) is 12.3. The highest BCUT2D eigenvalue weighted by Gasteiger charge is 2.29. The molecule has 5 nitrogen and oxygen atoms in total. The van der Waals surface area contributed by atoms with Gasteiger partial charge in [0.15, 0.2) is 0 Å². The maximum atomic E-state index is 13.5. The van der Waals surface area contributed by atoms with Crippen LogP contribution in [-0.2, 0) is 21.2 Å². The van der Waals surface area contributed by atoms with Gasteiger partial charge in [-0.05, 0) is 79.6 Å². The summed E-state index contributed by atoms with van der Waals surface area (Å²) in [7, 11) is -3.91. The molecule has 1 N–H and O–H groups in total. The zero-order valence-corrected chi connectivity index (χ0v) is 19.2. The minimum absolute atomic E-state index is 0.104. The predicted octanol–water partition coefficient (Wildman–Crippen LogP) is 4.69. The fraction of sp³-hybridized carbons (Fsp3) is 0.269. The van der Waals surface area contributed by atoms with Gasteiger partial charge in [0, 0.05) is 0 Å². The molecule has 32 heavy (non-hydrogen) atoms. The molecule has 0 radical (unpaired) electrons. The first kappa shape index (κ1) is 22.1. The average molecular weight is 449 g/mol. The second kappa shape index (κ2) is 9.17. The van der Waals surface area contributed by atoms with E-state index >= 15 is 0 Å². The maximum Gasteiger partial charge on any atom is 0.264 e. The number of amides is 1. The molecule has 6 heteroatoms. The van der Waals surface area contributed by atoms with Gasteiger partial charge in [-0.15, -0.1) is 0 Å². The molecule has 1 aliphatic carbocycles. The molecule has 0 saturated carbocycles. The molecule has 3 aromatic carbocycles. The number of carbonyl (C=O) groups excluding carboxylic acids is 1. The molecule has 1 amide bonds. The first-order valence-electron chi connectivity index (χ1n) is 10.9. The third-order valence-electron chi connectivity index (χ3n) is 5.82. The Bertz CT molecular complexity index is 1200. The molecule has 1 aliphatic rings. The van der Waals surface area contributed by atoms with Crippen molar-refractivity contribution in [2.75, 3.05) is 10.8 Å². The number of nitrogens with one attached hydrogen (secondary N) is 1. The zero-order valence-electron chi connectivity index (χ0n) is 18.4. The van der Waals surface area contributed by atoms with E-state index < -0.39 is 10.0 Å². The summed E-state index contributed by atoms with van der Waals surface area (Å²) in [6, 6.07) is 21.9. The molecular weight excluding hydrogens is 420 g/mol. The van der Waals surface area contributed by atoms with Gasteiger partial charge in [-0.25, -0.2) is 8.42 Å². The number of aryl methyl sites for hydroxylation is 3. The zero-order chi connectivity index (χ0) is 22.7. The van der Waals surface area contributed by atoms with Crippen molar-refractivity contribution < 1.29 is 13.2 Å². The molecule has 0 bridgehead atoms. The molecule has 0 saturated heterocycles. The molecule has 3 aromatic rings. The van der Waals surface area contributed by atoms with Crippen LogP contribution in [0.5, 0.6) is 0 Å². The molecule has 166 valence electrons. The summed E-state index contributed by atoms with van der Waals surface area (Å²) in [5.41, 5.74) is 4.73. The quantitative estimate of drug-likeness (QED) is 0.595. The molecule has 4 rings (SSSR count). The Morgan fingerprint density at radius 1 is 0.969 bits per heavy atom. The number of benzene rings is 3. The van der Waals surface area contributed by atoms with Crippen molar-refractivity contribution in [1.29, 1.82) is 0 Å². The van der Waals surface area contributed by atoms with Crippen LogP contribution >= 0.6 is 0 Å². The molecule has 0 spiro atoms. The Kier molecular flexibility index (Phi) is 6.33. The molecule has 0 aliphatic heterocycles. The van der Waals surface area contributed by atoms with Gasteiger partial charge in [0.1, 0.15) is 6.54 Å². The second-order valence-electron chi connectivity index (χ2n) is 8.38. The lowest BCUT2D eigenvalue weighted by Crippen LogP contribution is -2.42. The van der Waals surface area contributed by atoms with Crippen LogP contribution in [0.1, 0.15) is 41.1 Å². The number of hydrogen-bond acceptors (Lipinski definition) is 3. The number of nitrogens with zero attached hydrogens (tertiary/aromatic N) is 1. The predicted molar refractivity (Wildman–Crippen MR) is 127 cm³/mol. The van der Waals surface area contributed by atoms with E-state index in [2.05, 4.69) is 11.4 Å². The minimum Gasteiger partial charge on any atom is -0.348 e.